The predicted molar refractivity (Wildman–Crippen MR) is 79.2 cm³/mol. The van der Waals surface area contributed by atoms with E-state index in [2.05, 4.69) is 12.2 Å². The molecule has 2 amide bonds. The first-order chi connectivity index (χ1) is 9.55. The maximum Gasteiger partial charge on any atom is 0.246 e. The maximum absolute atomic E-state index is 12.6. The van der Waals surface area contributed by atoms with Crippen LogP contribution in [0.3, 0.4) is 0 Å². The second-order valence-corrected chi connectivity index (χ2v) is 6.41. The molecule has 2 rings (SSSR count). The molecule has 1 aliphatic heterocycles. The zero-order chi connectivity index (χ0) is 14.8. The highest BCUT2D eigenvalue weighted by atomic mass is 16.2. The highest BCUT2D eigenvalue weighted by Gasteiger charge is 2.56. The molecule has 114 valence electrons. The van der Waals surface area contributed by atoms with E-state index in [-0.39, 0.29) is 17.9 Å². The fraction of sp³-hybridized carbons (Fsp3) is 0.875. The molecule has 1 N–H and O–H groups in total. The van der Waals surface area contributed by atoms with Gasteiger partial charge in [-0.15, -0.1) is 0 Å². The van der Waals surface area contributed by atoms with Gasteiger partial charge in [0.2, 0.25) is 11.8 Å². The van der Waals surface area contributed by atoms with Gasteiger partial charge in [-0.3, -0.25) is 9.59 Å². The summed E-state index contributed by atoms with van der Waals surface area (Å²) in [6, 6.07) is -0.319. The highest BCUT2D eigenvalue weighted by molar-refractivity contribution is 6.00. The summed E-state index contributed by atoms with van der Waals surface area (Å²) in [5.74, 6) is 0.537. The molecule has 0 spiro atoms. The van der Waals surface area contributed by atoms with Crippen LogP contribution in [-0.4, -0.2) is 34.8 Å². The average Bonchev–Trinajstić information content (AvgIpc) is 3.26. The van der Waals surface area contributed by atoms with Crippen LogP contribution in [0.5, 0.6) is 0 Å². The molecule has 0 aromatic heterocycles. The van der Waals surface area contributed by atoms with Crippen LogP contribution >= 0.6 is 0 Å². The largest absolute Gasteiger partial charge is 0.342 e. The SMILES string of the molecule is CCCCCCN1C(=O)C(CC)NC(=O)C1(C)C1CC1. The molecule has 1 saturated carbocycles. The van der Waals surface area contributed by atoms with Crippen LogP contribution < -0.4 is 5.32 Å². The Morgan fingerprint density at radius 3 is 2.45 bits per heavy atom. The fourth-order valence-electron chi connectivity index (χ4n) is 3.27. The minimum Gasteiger partial charge on any atom is -0.342 e. The zero-order valence-corrected chi connectivity index (χ0v) is 13.1. The van der Waals surface area contributed by atoms with E-state index in [1.807, 2.05) is 18.7 Å². The van der Waals surface area contributed by atoms with Crippen molar-refractivity contribution in [2.75, 3.05) is 6.54 Å². The van der Waals surface area contributed by atoms with Gasteiger partial charge in [0, 0.05) is 6.54 Å². The molecule has 1 heterocycles. The van der Waals surface area contributed by atoms with Gasteiger partial charge in [-0.1, -0.05) is 33.1 Å². The molecule has 2 fully saturated rings. The Kier molecular flexibility index (Phi) is 4.71. The average molecular weight is 280 g/mol. The third kappa shape index (κ3) is 2.70. The Labute approximate surface area is 122 Å². The van der Waals surface area contributed by atoms with Crippen molar-refractivity contribution < 1.29 is 9.59 Å². The van der Waals surface area contributed by atoms with Gasteiger partial charge in [0.15, 0.2) is 0 Å². The quantitative estimate of drug-likeness (QED) is 0.728. The Balaban J connectivity index is 2.11. The van der Waals surface area contributed by atoms with E-state index < -0.39 is 5.54 Å². The van der Waals surface area contributed by atoms with Gasteiger partial charge in [-0.25, -0.2) is 0 Å². The van der Waals surface area contributed by atoms with Gasteiger partial charge < -0.3 is 10.2 Å². The van der Waals surface area contributed by atoms with Crippen LogP contribution in [0.4, 0.5) is 0 Å². The number of rotatable bonds is 7. The van der Waals surface area contributed by atoms with Crippen LogP contribution in [0.25, 0.3) is 0 Å². The lowest BCUT2D eigenvalue weighted by molar-refractivity contribution is -0.158. The summed E-state index contributed by atoms with van der Waals surface area (Å²) in [5.41, 5.74) is -0.602. The van der Waals surface area contributed by atoms with Crippen molar-refractivity contribution in [3.8, 4) is 0 Å². The third-order valence-electron chi connectivity index (χ3n) is 4.91. The minimum atomic E-state index is -0.602. The second-order valence-electron chi connectivity index (χ2n) is 6.41. The molecule has 20 heavy (non-hydrogen) atoms. The Morgan fingerprint density at radius 1 is 1.20 bits per heavy atom. The molecular formula is C16H28N2O2. The van der Waals surface area contributed by atoms with Crippen molar-refractivity contribution >= 4 is 11.8 Å². The summed E-state index contributed by atoms with van der Waals surface area (Å²) in [4.78, 5) is 27.0. The van der Waals surface area contributed by atoms with E-state index in [9.17, 15) is 9.59 Å². The number of hydrogen-bond donors (Lipinski definition) is 1. The first-order valence-corrected chi connectivity index (χ1v) is 8.18. The number of piperazine rings is 1. The molecular weight excluding hydrogens is 252 g/mol. The Hall–Kier alpha value is -1.06. The summed E-state index contributed by atoms with van der Waals surface area (Å²) < 4.78 is 0. The van der Waals surface area contributed by atoms with Gasteiger partial charge in [0.05, 0.1) is 0 Å². The van der Waals surface area contributed by atoms with Crippen LogP contribution in [0.2, 0.25) is 0 Å². The van der Waals surface area contributed by atoms with Crippen molar-refractivity contribution in [1.29, 1.82) is 0 Å². The summed E-state index contributed by atoms with van der Waals surface area (Å²) >= 11 is 0. The second kappa shape index (κ2) is 6.15. The molecule has 2 unspecified atom stereocenters. The van der Waals surface area contributed by atoms with Crippen LogP contribution in [-0.2, 0) is 9.59 Å². The molecule has 1 saturated heterocycles. The lowest BCUT2D eigenvalue weighted by atomic mass is 9.87. The number of carbonyl (C=O) groups excluding carboxylic acids is 2. The number of amides is 2. The van der Waals surface area contributed by atoms with E-state index in [1.54, 1.807) is 0 Å². The van der Waals surface area contributed by atoms with E-state index in [1.165, 1.54) is 12.8 Å². The van der Waals surface area contributed by atoms with Crippen LogP contribution in [0.15, 0.2) is 0 Å². The van der Waals surface area contributed by atoms with Gasteiger partial charge in [0.25, 0.3) is 0 Å². The van der Waals surface area contributed by atoms with E-state index in [4.69, 9.17) is 0 Å². The number of nitrogens with zero attached hydrogens (tertiary/aromatic N) is 1. The molecule has 2 aliphatic rings. The Bertz CT molecular complexity index is 379. The maximum atomic E-state index is 12.6. The molecule has 2 atom stereocenters. The van der Waals surface area contributed by atoms with Crippen molar-refractivity contribution in [3.05, 3.63) is 0 Å². The molecule has 1 aliphatic carbocycles. The standard InChI is InChI=1S/C16H28N2O2/c1-4-6-7-8-11-18-14(19)13(5-2)17-15(20)16(18,3)12-9-10-12/h12-13H,4-11H2,1-3H3,(H,17,20). The van der Waals surface area contributed by atoms with Crippen molar-refractivity contribution in [2.24, 2.45) is 5.92 Å². The van der Waals surface area contributed by atoms with E-state index >= 15 is 0 Å². The van der Waals surface area contributed by atoms with Gasteiger partial charge in [-0.05, 0) is 38.5 Å². The first-order valence-electron chi connectivity index (χ1n) is 8.18. The predicted octanol–water partition coefficient (Wildman–Crippen LogP) is 2.47. The highest BCUT2D eigenvalue weighted by Crippen LogP contribution is 2.45. The third-order valence-corrected chi connectivity index (χ3v) is 4.91. The molecule has 0 aromatic carbocycles. The summed E-state index contributed by atoms with van der Waals surface area (Å²) in [7, 11) is 0. The number of nitrogens with one attached hydrogen (secondary N) is 1. The Morgan fingerprint density at radius 2 is 1.90 bits per heavy atom. The molecule has 0 aromatic rings. The lowest BCUT2D eigenvalue weighted by Crippen LogP contribution is -2.70. The van der Waals surface area contributed by atoms with E-state index in [0.29, 0.717) is 12.3 Å². The number of carbonyl (C=O) groups is 2. The molecule has 4 nitrogen and oxygen atoms in total. The lowest BCUT2D eigenvalue weighted by Gasteiger charge is -2.46. The van der Waals surface area contributed by atoms with Gasteiger partial charge in [0.1, 0.15) is 11.6 Å². The molecule has 0 radical (unpaired) electrons. The van der Waals surface area contributed by atoms with Crippen LogP contribution in [0.1, 0.15) is 65.7 Å². The summed E-state index contributed by atoms with van der Waals surface area (Å²) in [6.07, 6.45) is 7.35. The van der Waals surface area contributed by atoms with Gasteiger partial charge >= 0.3 is 0 Å². The van der Waals surface area contributed by atoms with Crippen molar-refractivity contribution in [3.63, 3.8) is 0 Å². The van der Waals surface area contributed by atoms with Crippen molar-refractivity contribution in [2.45, 2.75) is 77.3 Å². The first kappa shape index (κ1) is 15.3. The normalized spacial score (nSPS) is 30.6. The zero-order valence-electron chi connectivity index (χ0n) is 13.1. The minimum absolute atomic E-state index is 0.0574. The fourth-order valence-corrected chi connectivity index (χ4v) is 3.27. The van der Waals surface area contributed by atoms with Gasteiger partial charge in [-0.2, -0.15) is 0 Å². The monoisotopic (exact) mass is 280 g/mol. The summed E-state index contributed by atoms with van der Waals surface area (Å²) in [5, 5.41) is 2.93. The van der Waals surface area contributed by atoms with E-state index in [0.717, 1.165) is 32.2 Å². The molecule has 0 bridgehead atoms. The number of unbranched alkanes of at least 4 members (excludes halogenated alkanes) is 3. The topological polar surface area (TPSA) is 49.4 Å². The van der Waals surface area contributed by atoms with Crippen LogP contribution in [0, 0.1) is 5.92 Å². The van der Waals surface area contributed by atoms with Crippen molar-refractivity contribution in [1.82, 2.24) is 10.2 Å². The number of hydrogen-bond acceptors (Lipinski definition) is 2. The summed E-state index contributed by atoms with van der Waals surface area (Å²) in [6.45, 7) is 6.83. The molecule has 4 heteroatoms. The smallest absolute Gasteiger partial charge is 0.246 e.